The molecule has 3 aromatic rings. The fourth-order valence-electron chi connectivity index (χ4n) is 2.54. The number of nitrogens with zero attached hydrogens (tertiary/aromatic N) is 3. The first-order valence-electron chi connectivity index (χ1n) is 9.64. The van der Waals surface area contributed by atoms with Crippen LogP contribution in [0.5, 0.6) is 0 Å². The van der Waals surface area contributed by atoms with Gasteiger partial charge >= 0.3 is 5.97 Å². The maximum atomic E-state index is 12.4. The lowest BCUT2D eigenvalue weighted by atomic mass is 10.1. The third-order valence-electron chi connectivity index (χ3n) is 4.23. The predicted octanol–water partition coefficient (Wildman–Crippen LogP) is 3.31. The number of carbonyl (C=O) groups excluding carboxylic acids is 2. The highest BCUT2D eigenvalue weighted by atomic mass is 32.2. The summed E-state index contributed by atoms with van der Waals surface area (Å²) in [5.74, 6) is -0.645. The molecule has 0 fully saturated rings. The molecule has 1 amide bonds. The molecule has 0 aliphatic carbocycles. The predicted molar refractivity (Wildman–Crippen MR) is 120 cm³/mol. The van der Waals surface area contributed by atoms with Crippen LogP contribution in [0.1, 0.15) is 30.0 Å². The molecule has 0 bridgehead atoms. The Kier molecular flexibility index (Phi) is 7.37. The topological polar surface area (TPSA) is 152 Å². The minimum atomic E-state index is -3.55. The number of aromatic nitrogens is 2. The van der Waals surface area contributed by atoms with E-state index in [1.54, 1.807) is 49.4 Å². The number of hydrogen-bond donors (Lipinski definition) is 1. The summed E-state index contributed by atoms with van der Waals surface area (Å²) in [7, 11) is -3.55. The van der Waals surface area contributed by atoms with Crippen LogP contribution < -0.4 is 5.32 Å². The van der Waals surface area contributed by atoms with Crippen molar-refractivity contribution < 1.29 is 27.2 Å². The van der Waals surface area contributed by atoms with Crippen LogP contribution in [-0.4, -0.2) is 42.9 Å². The van der Waals surface area contributed by atoms with E-state index < -0.39 is 21.7 Å². The molecule has 12 heteroatoms. The van der Waals surface area contributed by atoms with Crippen molar-refractivity contribution in [3.8, 4) is 17.4 Å². The van der Waals surface area contributed by atoms with Crippen LogP contribution in [0.3, 0.4) is 0 Å². The molecular weight excluding hydrogens is 468 g/mol. The number of furan rings is 1. The molecule has 0 aliphatic rings. The monoisotopic (exact) mass is 486 g/mol. The van der Waals surface area contributed by atoms with Crippen molar-refractivity contribution in [1.82, 2.24) is 10.2 Å². The lowest BCUT2D eigenvalue weighted by molar-refractivity contribution is -0.112. The van der Waals surface area contributed by atoms with Gasteiger partial charge in [-0.25, -0.2) is 13.2 Å². The number of nitrogens with one attached hydrogen (secondary N) is 1. The van der Waals surface area contributed by atoms with Gasteiger partial charge in [-0.2, -0.15) is 5.26 Å². The van der Waals surface area contributed by atoms with Crippen molar-refractivity contribution in [3.63, 3.8) is 0 Å². The lowest BCUT2D eigenvalue weighted by Crippen LogP contribution is -2.13. The molecule has 0 saturated carbocycles. The van der Waals surface area contributed by atoms with E-state index in [1.165, 1.54) is 13.0 Å². The average Bonchev–Trinajstić information content (AvgIpc) is 3.48. The number of benzene rings is 1. The SMILES string of the molecule is CCOC(=O)c1ccc(-c2ccc(/C=C(/C#N)C(=O)Nc3nnc(S(=O)(=O)CC)s3)o2)cc1. The molecule has 1 aromatic carbocycles. The molecule has 0 radical (unpaired) electrons. The normalized spacial score (nSPS) is 11.6. The summed E-state index contributed by atoms with van der Waals surface area (Å²) >= 11 is 0.699. The zero-order chi connectivity index (χ0) is 24.0. The van der Waals surface area contributed by atoms with Gasteiger partial charge < -0.3 is 9.15 Å². The van der Waals surface area contributed by atoms with Crippen LogP contribution in [0.2, 0.25) is 0 Å². The Morgan fingerprint density at radius 1 is 1.18 bits per heavy atom. The fraction of sp³-hybridized carbons (Fsp3) is 0.190. The van der Waals surface area contributed by atoms with Crippen LogP contribution in [-0.2, 0) is 19.4 Å². The number of anilines is 1. The number of carbonyl (C=O) groups is 2. The molecular formula is C21H18N4O6S2. The van der Waals surface area contributed by atoms with Gasteiger partial charge in [0.05, 0.1) is 17.9 Å². The van der Waals surface area contributed by atoms with Gasteiger partial charge in [0.15, 0.2) is 0 Å². The van der Waals surface area contributed by atoms with E-state index in [0.29, 0.717) is 28.2 Å². The second-order valence-electron chi connectivity index (χ2n) is 6.40. The Morgan fingerprint density at radius 3 is 2.55 bits per heavy atom. The van der Waals surface area contributed by atoms with Crippen LogP contribution in [0.25, 0.3) is 17.4 Å². The second kappa shape index (κ2) is 10.2. The summed E-state index contributed by atoms with van der Waals surface area (Å²) in [6, 6.07) is 11.6. The highest BCUT2D eigenvalue weighted by Crippen LogP contribution is 2.25. The Bertz CT molecular complexity index is 1350. The number of nitriles is 1. The van der Waals surface area contributed by atoms with Gasteiger partial charge in [0.1, 0.15) is 23.2 Å². The number of esters is 1. The van der Waals surface area contributed by atoms with Crippen molar-refractivity contribution in [1.29, 1.82) is 5.26 Å². The van der Waals surface area contributed by atoms with E-state index in [-0.39, 0.29) is 33.2 Å². The summed E-state index contributed by atoms with van der Waals surface area (Å²) in [5, 5.41) is 18.9. The molecule has 3 rings (SSSR count). The van der Waals surface area contributed by atoms with Crippen molar-refractivity contribution in [3.05, 3.63) is 53.3 Å². The number of ether oxygens (including phenoxy) is 1. The van der Waals surface area contributed by atoms with Gasteiger partial charge in [0, 0.05) is 11.6 Å². The fourth-order valence-corrected chi connectivity index (χ4v) is 4.52. The highest BCUT2D eigenvalue weighted by molar-refractivity contribution is 7.93. The Morgan fingerprint density at radius 2 is 1.91 bits per heavy atom. The number of amides is 1. The van der Waals surface area contributed by atoms with Gasteiger partial charge in [0.25, 0.3) is 5.91 Å². The van der Waals surface area contributed by atoms with Crippen molar-refractivity contribution in [2.45, 2.75) is 18.2 Å². The van der Waals surface area contributed by atoms with Crippen LogP contribution in [0.15, 0.2) is 50.7 Å². The first-order chi connectivity index (χ1) is 15.8. The van der Waals surface area contributed by atoms with Gasteiger partial charge in [-0.3, -0.25) is 10.1 Å². The largest absolute Gasteiger partial charge is 0.462 e. The zero-order valence-corrected chi connectivity index (χ0v) is 19.2. The van der Waals surface area contributed by atoms with Crippen molar-refractivity contribution in [2.24, 2.45) is 0 Å². The van der Waals surface area contributed by atoms with Crippen LogP contribution in [0.4, 0.5) is 5.13 Å². The van der Waals surface area contributed by atoms with Gasteiger partial charge in [-0.15, -0.1) is 10.2 Å². The minimum Gasteiger partial charge on any atom is -0.462 e. The summed E-state index contributed by atoms with van der Waals surface area (Å²) < 4.78 is 34.1. The molecule has 0 unspecified atom stereocenters. The smallest absolute Gasteiger partial charge is 0.338 e. The van der Waals surface area contributed by atoms with Gasteiger partial charge in [-0.1, -0.05) is 30.4 Å². The summed E-state index contributed by atoms with van der Waals surface area (Å²) in [6.45, 7) is 3.47. The Balaban J connectivity index is 1.74. The maximum absolute atomic E-state index is 12.4. The summed E-state index contributed by atoms with van der Waals surface area (Å²) in [4.78, 5) is 24.2. The summed E-state index contributed by atoms with van der Waals surface area (Å²) in [6.07, 6.45) is 1.25. The highest BCUT2D eigenvalue weighted by Gasteiger charge is 2.20. The molecule has 170 valence electrons. The molecule has 1 N–H and O–H groups in total. The van der Waals surface area contributed by atoms with E-state index in [9.17, 15) is 23.3 Å². The lowest BCUT2D eigenvalue weighted by Gasteiger charge is -2.02. The third kappa shape index (κ3) is 5.71. The quantitative estimate of drug-likeness (QED) is 0.219. The first kappa shape index (κ1) is 23.8. The Hall–Kier alpha value is -3.82. The maximum Gasteiger partial charge on any atom is 0.338 e. The van der Waals surface area contributed by atoms with Crippen molar-refractivity contribution in [2.75, 3.05) is 17.7 Å². The Labute approximate surface area is 193 Å². The van der Waals surface area contributed by atoms with Crippen molar-refractivity contribution >= 4 is 44.3 Å². The molecule has 10 nitrogen and oxygen atoms in total. The molecule has 2 heterocycles. The third-order valence-corrected chi connectivity index (χ3v) is 7.25. The van der Waals surface area contributed by atoms with Crippen LogP contribution >= 0.6 is 11.3 Å². The number of hydrogen-bond acceptors (Lipinski definition) is 10. The summed E-state index contributed by atoms with van der Waals surface area (Å²) in [5.41, 5.74) is 0.815. The van der Waals surface area contributed by atoms with E-state index in [2.05, 4.69) is 15.5 Å². The van der Waals surface area contributed by atoms with E-state index in [0.717, 1.165) is 0 Å². The standard InChI is InChI=1S/C21H18N4O6S2/c1-3-30-19(27)14-7-5-13(6-8-14)17-10-9-16(31-17)11-15(12-22)18(26)23-20-24-25-21(32-20)33(28,29)4-2/h5-11H,3-4H2,1-2H3,(H,23,24,26)/b15-11-. The van der Waals surface area contributed by atoms with Gasteiger partial charge in [-0.05, 0) is 31.2 Å². The molecule has 33 heavy (non-hydrogen) atoms. The minimum absolute atomic E-state index is 0.0463. The first-order valence-corrected chi connectivity index (χ1v) is 12.1. The van der Waals surface area contributed by atoms with Gasteiger partial charge in [0.2, 0.25) is 19.3 Å². The zero-order valence-electron chi connectivity index (χ0n) is 17.6. The number of rotatable bonds is 8. The molecule has 0 spiro atoms. The molecule has 2 aromatic heterocycles. The van der Waals surface area contributed by atoms with E-state index >= 15 is 0 Å². The van der Waals surface area contributed by atoms with E-state index in [4.69, 9.17) is 9.15 Å². The average molecular weight is 487 g/mol. The van der Waals surface area contributed by atoms with E-state index in [1.807, 2.05) is 0 Å². The molecule has 0 aliphatic heterocycles. The molecule has 0 atom stereocenters. The second-order valence-corrected chi connectivity index (χ2v) is 9.83. The molecule has 0 saturated heterocycles. The van der Waals surface area contributed by atoms with Crippen LogP contribution in [0, 0.1) is 11.3 Å². The number of sulfone groups is 1.